The predicted molar refractivity (Wildman–Crippen MR) is 118 cm³/mol. The maximum Gasteiger partial charge on any atom is 0.219 e. The van der Waals surface area contributed by atoms with Gasteiger partial charge in [-0.1, -0.05) is 69.9 Å². The number of amides is 1. The molecule has 1 atom stereocenters. The molecule has 0 aromatic carbocycles. The van der Waals surface area contributed by atoms with Crippen LogP contribution in [0.2, 0.25) is 0 Å². The van der Waals surface area contributed by atoms with Crippen LogP contribution in [0, 0.1) is 5.92 Å². The van der Waals surface area contributed by atoms with Gasteiger partial charge in [0, 0.05) is 19.4 Å². The molecule has 0 bridgehead atoms. The summed E-state index contributed by atoms with van der Waals surface area (Å²) < 4.78 is 0.966. The molecule has 1 rings (SSSR count). The van der Waals surface area contributed by atoms with Crippen molar-refractivity contribution in [3.05, 3.63) is 12.2 Å². The van der Waals surface area contributed by atoms with E-state index in [1.54, 1.807) is 0 Å². The summed E-state index contributed by atoms with van der Waals surface area (Å²) in [7, 11) is 6.57. The van der Waals surface area contributed by atoms with Gasteiger partial charge in [0.2, 0.25) is 5.91 Å². The Labute approximate surface area is 169 Å². The molecule has 0 aliphatic heterocycles. The Morgan fingerprint density at radius 1 is 0.889 bits per heavy atom. The number of nitrogens with zero attached hydrogens (tertiary/aromatic N) is 1. The summed E-state index contributed by atoms with van der Waals surface area (Å²) in [6, 6.07) is 0. The van der Waals surface area contributed by atoms with Crippen molar-refractivity contribution in [1.82, 2.24) is 5.32 Å². The normalized spacial score (nSPS) is 16.8. The van der Waals surface area contributed by atoms with E-state index in [0.717, 1.165) is 36.3 Å². The molecule has 1 amide bonds. The zero-order valence-electron chi connectivity index (χ0n) is 18.6. The van der Waals surface area contributed by atoms with Crippen LogP contribution < -0.4 is 5.32 Å². The molecule has 1 aliphatic carbocycles. The van der Waals surface area contributed by atoms with E-state index in [9.17, 15) is 4.79 Å². The van der Waals surface area contributed by atoms with E-state index < -0.39 is 0 Å². The fraction of sp³-hybridized carbons (Fsp3) is 0.875. The number of nitrogens with one attached hydrogen (secondary N) is 1. The lowest BCUT2D eigenvalue weighted by atomic mass is 9.99. The molecule has 0 aromatic heterocycles. The lowest BCUT2D eigenvalue weighted by molar-refractivity contribution is -0.870. The molecule has 0 radical (unpaired) electrons. The van der Waals surface area contributed by atoms with Gasteiger partial charge in [0.15, 0.2) is 0 Å². The third kappa shape index (κ3) is 15.9. The first-order valence-electron chi connectivity index (χ1n) is 11.7. The number of quaternary nitrogens is 1. The number of carbonyl (C=O) groups is 1. The Bertz CT molecular complexity index is 398. The van der Waals surface area contributed by atoms with Crippen LogP contribution in [-0.4, -0.2) is 44.6 Å². The average molecular weight is 380 g/mol. The van der Waals surface area contributed by atoms with Crippen molar-refractivity contribution in [2.75, 3.05) is 34.2 Å². The van der Waals surface area contributed by atoms with Gasteiger partial charge in [0.1, 0.15) is 0 Å². The maximum atomic E-state index is 11.8. The Morgan fingerprint density at radius 3 is 2.04 bits per heavy atom. The fourth-order valence-electron chi connectivity index (χ4n) is 3.91. The van der Waals surface area contributed by atoms with Gasteiger partial charge in [-0.05, 0) is 31.6 Å². The van der Waals surface area contributed by atoms with Crippen molar-refractivity contribution in [3.63, 3.8) is 0 Å². The van der Waals surface area contributed by atoms with Gasteiger partial charge in [-0.25, -0.2) is 0 Å². The predicted octanol–water partition coefficient (Wildman–Crippen LogP) is 5.85. The van der Waals surface area contributed by atoms with Crippen molar-refractivity contribution in [1.29, 1.82) is 0 Å². The SMILES string of the molecule is C[N+](C)(C)CCCNC(=O)CCCCCCCCCCCCC1C=CCC1. The van der Waals surface area contributed by atoms with E-state index in [1.807, 2.05) is 0 Å². The fourth-order valence-corrected chi connectivity index (χ4v) is 3.91. The minimum atomic E-state index is 0.240. The molecular formula is C24H47N2O+. The van der Waals surface area contributed by atoms with E-state index in [4.69, 9.17) is 0 Å². The molecule has 27 heavy (non-hydrogen) atoms. The topological polar surface area (TPSA) is 29.1 Å². The monoisotopic (exact) mass is 379 g/mol. The van der Waals surface area contributed by atoms with E-state index >= 15 is 0 Å². The molecule has 1 unspecified atom stereocenters. The highest BCUT2D eigenvalue weighted by Crippen LogP contribution is 2.23. The molecule has 0 spiro atoms. The minimum absolute atomic E-state index is 0.240. The van der Waals surface area contributed by atoms with Gasteiger partial charge < -0.3 is 9.80 Å². The highest BCUT2D eigenvalue weighted by atomic mass is 16.1. The lowest BCUT2D eigenvalue weighted by Gasteiger charge is -2.23. The van der Waals surface area contributed by atoms with Gasteiger partial charge in [-0.3, -0.25) is 4.79 Å². The first-order valence-corrected chi connectivity index (χ1v) is 11.7. The van der Waals surface area contributed by atoms with E-state index in [2.05, 4.69) is 38.6 Å². The van der Waals surface area contributed by atoms with Crippen molar-refractivity contribution in [3.8, 4) is 0 Å². The Hall–Kier alpha value is -0.830. The number of rotatable bonds is 17. The number of carbonyl (C=O) groups excluding carboxylic acids is 1. The minimum Gasteiger partial charge on any atom is -0.356 e. The molecule has 0 fully saturated rings. The summed E-state index contributed by atoms with van der Waals surface area (Å²) in [5.41, 5.74) is 0. The van der Waals surface area contributed by atoms with Gasteiger partial charge >= 0.3 is 0 Å². The summed E-state index contributed by atoms with van der Waals surface area (Å²) in [4.78, 5) is 11.8. The standard InChI is InChI=1S/C24H46N2O/c1-26(2,3)22-16-21-25-24(27)20-13-11-9-7-5-4-6-8-10-12-17-23-18-14-15-19-23/h14,18,23H,4-13,15-17,19-22H2,1-3H3/p+1. The Kier molecular flexibility index (Phi) is 13.6. The van der Waals surface area contributed by atoms with Crippen molar-refractivity contribution < 1.29 is 9.28 Å². The van der Waals surface area contributed by atoms with Crippen molar-refractivity contribution >= 4 is 5.91 Å². The molecule has 3 heteroatoms. The molecule has 3 nitrogen and oxygen atoms in total. The van der Waals surface area contributed by atoms with Crippen molar-refractivity contribution in [2.45, 2.75) is 96.3 Å². The first kappa shape index (κ1) is 24.2. The summed E-state index contributed by atoms with van der Waals surface area (Å²) in [6.07, 6.45) is 24.0. The molecule has 1 N–H and O–H groups in total. The lowest BCUT2D eigenvalue weighted by Crippen LogP contribution is -2.37. The zero-order valence-corrected chi connectivity index (χ0v) is 18.6. The molecule has 158 valence electrons. The third-order valence-electron chi connectivity index (χ3n) is 5.67. The average Bonchev–Trinajstić information content (AvgIpc) is 3.12. The van der Waals surface area contributed by atoms with Gasteiger partial charge in [0.05, 0.1) is 27.7 Å². The second kappa shape index (κ2) is 15.1. The molecule has 0 saturated carbocycles. The van der Waals surface area contributed by atoms with Crippen LogP contribution >= 0.6 is 0 Å². The highest BCUT2D eigenvalue weighted by molar-refractivity contribution is 5.75. The second-order valence-corrected chi connectivity index (χ2v) is 9.56. The quantitative estimate of drug-likeness (QED) is 0.192. The summed E-state index contributed by atoms with van der Waals surface area (Å²) in [6.45, 7) is 1.93. The Morgan fingerprint density at radius 2 is 1.48 bits per heavy atom. The van der Waals surface area contributed by atoms with Crippen molar-refractivity contribution in [2.24, 2.45) is 5.92 Å². The number of hydrogen-bond donors (Lipinski definition) is 1. The second-order valence-electron chi connectivity index (χ2n) is 9.56. The molecule has 0 saturated heterocycles. The Balaban J connectivity index is 1.74. The number of hydrogen-bond acceptors (Lipinski definition) is 1. The van der Waals surface area contributed by atoms with E-state index in [1.165, 1.54) is 77.0 Å². The number of allylic oxidation sites excluding steroid dienone is 2. The molecular weight excluding hydrogens is 332 g/mol. The summed E-state index contributed by atoms with van der Waals surface area (Å²) in [5, 5.41) is 3.06. The van der Waals surface area contributed by atoms with Crippen LogP contribution in [0.25, 0.3) is 0 Å². The smallest absolute Gasteiger partial charge is 0.219 e. The highest BCUT2D eigenvalue weighted by Gasteiger charge is 2.08. The van der Waals surface area contributed by atoms with Crippen LogP contribution in [0.1, 0.15) is 96.3 Å². The van der Waals surface area contributed by atoms with Crippen LogP contribution in [0.15, 0.2) is 12.2 Å². The van der Waals surface area contributed by atoms with Gasteiger partial charge in [-0.15, -0.1) is 0 Å². The maximum absolute atomic E-state index is 11.8. The molecule has 0 aromatic rings. The molecule has 1 aliphatic rings. The third-order valence-corrected chi connectivity index (χ3v) is 5.67. The zero-order chi connectivity index (χ0) is 19.8. The largest absolute Gasteiger partial charge is 0.356 e. The molecule has 0 heterocycles. The van der Waals surface area contributed by atoms with Crippen LogP contribution in [-0.2, 0) is 4.79 Å². The number of unbranched alkanes of at least 4 members (excludes halogenated alkanes) is 9. The van der Waals surface area contributed by atoms with Crippen LogP contribution in [0.3, 0.4) is 0 Å². The van der Waals surface area contributed by atoms with Gasteiger partial charge in [-0.2, -0.15) is 0 Å². The van der Waals surface area contributed by atoms with Gasteiger partial charge in [0.25, 0.3) is 0 Å². The van der Waals surface area contributed by atoms with E-state index in [0.29, 0.717) is 6.42 Å². The first-order chi connectivity index (χ1) is 13.0. The van der Waals surface area contributed by atoms with E-state index in [-0.39, 0.29) is 5.91 Å². The van der Waals surface area contributed by atoms with Crippen LogP contribution in [0.4, 0.5) is 0 Å². The van der Waals surface area contributed by atoms with Crippen LogP contribution in [0.5, 0.6) is 0 Å². The summed E-state index contributed by atoms with van der Waals surface area (Å²) >= 11 is 0. The summed E-state index contributed by atoms with van der Waals surface area (Å²) in [5.74, 6) is 1.14.